The molecule has 1 aromatic rings. The van der Waals surface area contributed by atoms with Crippen molar-refractivity contribution in [2.75, 3.05) is 0 Å². The number of carboxylic acids is 1. The molecule has 0 saturated carbocycles. The van der Waals surface area contributed by atoms with Crippen LogP contribution in [0.25, 0.3) is 0 Å². The van der Waals surface area contributed by atoms with Crippen LogP contribution in [-0.2, 0) is 17.8 Å². The maximum Gasteiger partial charge on any atom is 0.307 e. The number of nitrogens with zero attached hydrogens (tertiary/aromatic N) is 2. The molecule has 0 radical (unpaired) electrons. The quantitative estimate of drug-likeness (QED) is 0.832. The van der Waals surface area contributed by atoms with E-state index in [9.17, 15) is 9.59 Å². The first-order valence-electron chi connectivity index (χ1n) is 5.82. The Kier molecular flexibility index (Phi) is 3.00. The number of aliphatic carboxylic acids is 1. The molecular weight excluding hydrogens is 220 g/mol. The number of hydrogen-bond acceptors (Lipinski definition) is 3. The van der Waals surface area contributed by atoms with E-state index < -0.39 is 11.9 Å². The summed E-state index contributed by atoms with van der Waals surface area (Å²) in [6.07, 6.45) is 0.857. The fraction of sp³-hybridized carbons (Fsp3) is 0.583. The van der Waals surface area contributed by atoms with Crippen molar-refractivity contribution < 1.29 is 9.90 Å². The zero-order valence-corrected chi connectivity index (χ0v) is 10.0. The van der Waals surface area contributed by atoms with Crippen molar-refractivity contribution in [2.24, 2.45) is 5.92 Å². The third kappa shape index (κ3) is 2.23. The Balaban J connectivity index is 2.42. The number of rotatable bonds is 2. The average Bonchev–Trinajstić information content (AvgIpc) is 2.27. The number of fused-ring (bicyclic) bond motifs is 1. The van der Waals surface area contributed by atoms with E-state index in [1.165, 1.54) is 0 Å². The average molecular weight is 236 g/mol. The predicted octanol–water partition coefficient (Wildman–Crippen LogP) is 1.01. The molecule has 5 heteroatoms. The largest absolute Gasteiger partial charge is 0.481 e. The minimum atomic E-state index is -0.805. The van der Waals surface area contributed by atoms with Crippen molar-refractivity contribution in [3.8, 4) is 0 Å². The molecule has 0 aromatic carbocycles. The summed E-state index contributed by atoms with van der Waals surface area (Å²) in [5.41, 5.74) is 0.676. The van der Waals surface area contributed by atoms with Crippen LogP contribution in [0.5, 0.6) is 0 Å². The summed E-state index contributed by atoms with van der Waals surface area (Å²) in [4.78, 5) is 27.2. The van der Waals surface area contributed by atoms with Gasteiger partial charge in [-0.15, -0.1) is 0 Å². The summed E-state index contributed by atoms with van der Waals surface area (Å²) >= 11 is 0. The monoisotopic (exact) mass is 236 g/mol. The molecule has 1 aliphatic rings. The van der Waals surface area contributed by atoms with Gasteiger partial charge in [0, 0.05) is 19.0 Å². The molecule has 0 fully saturated rings. The third-order valence-electron chi connectivity index (χ3n) is 3.18. The normalized spacial score (nSPS) is 19.1. The molecule has 2 heterocycles. The molecular formula is C12H16N2O3. The molecule has 0 bridgehead atoms. The highest BCUT2D eigenvalue weighted by Crippen LogP contribution is 2.19. The predicted molar refractivity (Wildman–Crippen MR) is 62.0 cm³/mol. The molecule has 0 aliphatic carbocycles. The Labute approximate surface area is 99.1 Å². The fourth-order valence-corrected chi connectivity index (χ4v) is 2.08. The maximum absolute atomic E-state index is 11.8. The molecule has 1 atom stereocenters. The Morgan fingerprint density at radius 1 is 1.59 bits per heavy atom. The van der Waals surface area contributed by atoms with Gasteiger partial charge in [0.1, 0.15) is 5.82 Å². The highest BCUT2D eigenvalue weighted by Gasteiger charge is 2.26. The maximum atomic E-state index is 11.8. The van der Waals surface area contributed by atoms with E-state index in [0.717, 1.165) is 5.69 Å². The number of aromatic nitrogens is 2. The zero-order chi connectivity index (χ0) is 12.6. The lowest BCUT2D eigenvalue weighted by molar-refractivity contribution is -0.142. The van der Waals surface area contributed by atoms with Gasteiger partial charge >= 0.3 is 5.97 Å². The summed E-state index contributed by atoms with van der Waals surface area (Å²) < 4.78 is 1.59. The Morgan fingerprint density at radius 3 is 2.88 bits per heavy atom. The van der Waals surface area contributed by atoms with Crippen molar-refractivity contribution in [1.29, 1.82) is 0 Å². The summed E-state index contributed by atoms with van der Waals surface area (Å²) in [5.74, 6) is -0.427. The minimum absolute atomic E-state index is 0.0671. The topological polar surface area (TPSA) is 72.2 Å². The van der Waals surface area contributed by atoms with Gasteiger partial charge < -0.3 is 5.11 Å². The van der Waals surface area contributed by atoms with Crippen LogP contribution in [-0.4, -0.2) is 20.6 Å². The Morgan fingerprint density at radius 2 is 2.29 bits per heavy atom. The molecule has 1 aromatic heterocycles. The number of hydrogen-bond donors (Lipinski definition) is 1. The molecule has 0 spiro atoms. The van der Waals surface area contributed by atoms with Crippen LogP contribution in [0, 0.1) is 5.92 Å². The minimum Gasteiger partial charge on any atom is -0.481 e. The van der Waals surface area contributed by atoms with Gasteiger partial charge in [0.25, 0.3) is 5.56 Å². The second kappa shape index (κ2) is 4.31. The third-order valence-corrected chi connectivity index (χ3v) is 3.18. The lowest BCUT2D eigenvalue weighted by atomic mass is 9.97. The van der Waals surface area contributed by atoms with Crippen LogP contribution in [0.2, 0.25) is 0 Å². The van der Waals surface area contributed by atoms with Crippen LogP contribution in [0.1, 0.15) is 37.7 Å². The summed E-state index contributed by atoms with van der Waals surface area (Å²) in [6, 6.07) is 1.55. The van der Waals surface area contributed by atoms with Crippen LogP contribution < -0.4 is 5.56 Å². The standard InChI is InChI=1S/C12H16N2O3/c1-7(2)9-6-11(15)14-4-3-8(12(16)17)5-10(14)13-9/h6-8H,3-5H2,1-2H3,(H,16,17). The van der Waals surface area contributed by atoms with Crippen molar-refractivity contribution in [1.82, 2.24) is 9.55 Å². The molecule has 1 unspecified atom stereocenters. The van der Waals surface area contributed by atoms with E-state index in [0.29, 0.717) is 25.2 Å². The molecule has 0 saturated heterocycles. The van der Waals surface area contributed by atoms with E-state index in [-0.39, 0.29) is 11.5 Å². The van der Waals surface area contributed by atoms with Gasteiger partial charge in [-0.1, -0.05) is 13.8 Å². The van der Waals surface area contributed by atoms with E-state index in [2.05, 4.69) is 4.98 Å². The Bertz CT molecular complexity index is 505. The first-order chi connectivity index (χ1) is 7.99. The molecule has 1 N–H and O–H groups in total. The van der Waals surface area contributed by atoms with Crippen LogP contribution in [0.3, 0.4) is 0 Å². The summed E-state index contributed by atoms with van der Waals surface area (Å²) in [6.45, 7) is 4.39. The lowest BCUT2D eigenvalue weighted by Gasteiger charge is -2.23. The van der Waals surface area contributed by atoms with Gasteiger partial charge in [0.15, 0.2) is 0 Å². The van der Waals surface area contributed by atoms with Crippen molar-refractivity contribution in [3.63, 3.8) is 0 Å². The van der Waals surface area contributed by atoms with Gasteiger partial charge in [0.2, 0.25) is 0 Å². The van der Waals surface area contributed by atoms with Crippen molar-refractivity contribution in [3.05, 3.63) is 27.9 Å². The van der Waals surface area contributed by atoms with E-state index in [1.807, 2.05) is 13.8 Å². The van der Waals surface area contributed by atoms with Gasteiger partial charge in [-0.05, 0) is 12.3 Å². The zero-order valence-electron chi connectivity index (χ0n) is 10.0. The van der Waals surface area contributed by atoms with Gasteiger partial charge in [-0.2, -0.15) is 0 Å². The number of carbonyl (C=O) groups is 1. The van der Waals surface area contributed by atoms with Crippen LogP contribution in [0.4, 0.5) is 0 Å². The van der Waals surface area contributed by atoms with Crippen molar-refractivity contribution in [2.45, 2.75) is 39.2 Å². The smallest absolute Gasteiger partial charge is 0.307 e. The Hall–Kier alpha value is -1.65. The highest BCUT2D eigenvalue weighted by atomic mass is 16.4. The molecule has 2 rings (SSSR count). The molecule has 17 heavy (non-hydrogen) atoms. The van der Waals surface area contributed by atoms with Crippen LogP contribution in [0.15, 0.2) is 10.9 Å². The molecule has 1 aliphatic heterocycles. The lowest BCUT2D eigenvalue weighted by Crippen LogP contribution is -2.34. The molecule has 5 nitrogen and oxygen atoms in total. The number of carboxylic acid groups (broad SMARTS) is 1. The van der Waals surface area contributed by atoms with Crippen molar-refractivity contribution >= 4 is 5.97 Å². The molecule has 0 amide bonds. The summed E-state index contributed by atoms with van der Waals surface area (Å²) in [7, 11) is 0. The second-order valence-electron chi connectivity index (χ2n) is 4.77. The SMILES string of the molecule is CC(C)c1cc(=O)n2c(n1)CC(C(=O)O)CC2. The fourth-order valence-electron chi connectivity index (χ4n) is 2.08. The molecule has 92 valence electrons. The summed E-state index contributed by atoms with van der Waals surface area (Å²) in [5, 5.41) is 9.00. The van der Waals surface area contributed by atoms with E-state index in [1.54, 1.807) is 10.6 Å². The van der Waals surface area contributed by atoms with Gasteiger partial charge in [-0.3, -0.25) is 14.2 Å². The van der Waals surface area contributed by atoms with Crippen LogP contribution >= 0.6 is 0 Å². The van der Waals surface area contributed by atoms with Gasteiger partial charge in [0.05, 0.1) is 11.6 Å². The van der Waals surface area contributed by atoms with Gasteiger partial charge in [-0.25, -0.2) is 4.98 Å². The first-order valence-corrected chi connectivity index (χ1v) is 5.82. The first kappa shape index (κ1) is 11.8. The second-order valence-corrected chi connectivity index (χ2v) is 4.77. The highest BCUT2D eigenvalue weighted by molar-refractivity contribution is 5.70. The van der Waals surface area contributed by atoms with E-state index in [4.69, 9.17) is 5.11 Å². The van der Waals surface area contributed by atoms with E-state index >= 15 is 0 Å².